The molecule has 0 bridgehead atoms. The number of carbonyl (C=O) groups excluding carboxylic acids is 2. The van der Waals surface area contributed by atoms with Crippen LogP contribution in [0, 0.1) is 0 Å². The van der Waals surface area contributed by atoms with Crippen LogP contribution in [0.2, 0.25) is 0 Å². The molecule has 5 nitrogen and oxygen atoms in total. The average Bonchev–Trinajstić information content (AvgIpc) is 2.96. The van der Waals surface area contributed by atoms with Gasteiger partial charge in [-0.2, -0.15) is 11.8 Å². The number of thiophene rings is 1. The molecule has 1 aliphatic rings. The van der Waals surface area contributed by atoms with Gasteiger partial charge in [0.15, 0.2) is 0 Å². The van der Waals surface area contributed by atoms with Crippen LogP contribution in [0.3, 0.4) is 0 Å². The highest BCUT2D eigenvalue weighted by Gasteiger charge is 2.31. The third-order valence-electron chi connectivity index (χ3n) is 3.39. The molecule has 116 valence electrons. The van der Waals surface area contributed by atoms with Crippen molar-refractivity contribution >= 4 is 34.9 Å². The van der Waals surface area contributed by atoms with Crippen LogP contribution in [0.4, 0.5) is 0 Å². The van der Waals surface area contributed by atoms with Gasteiger partial charge in [0.1, 0.15) is 0 Å². The number of nitrogens with zero attached hydrogens (tertiary/aromatic N) is 1. The molecule has 1 aromatic rings. The molecule has 1 atom stereocenters. The Hall–Kier alpha value is -1.05. The van der Waals surface area contributed by atoms with Crippen LogP contribution in [0.1, 0.15) is 11.3 Å². The molecule has 2 rings (SSSR count). The van der Waals surface area contributed by atoms with Gasteiger partial charge in [0, 0.05) is 36.8 Å². The van der Waals surface area contributed by atoms with Crippen molar-refractivity contribution in [3.8, 4) is 0 Å². The minimum Gasteiger partial charge on any atom is -0.355 e. The van der Waals surface area contributed by atoms with Crippen molar-refractivity contribution in [2.24, 2.45) is 0 Å². The smallest absolute Gasteiger partial charge is 0.237 e. The first-order valence-electron chi connectivity index (χ1n) is 7.00. The van der Waals surface area contributed by atoms with E-state index in [1.807, 2.05) is 17.7 Å². The van der Waals surface area contributed by atoms with Gasteiger partial charge in [-0.15, -0.1) is 11.3 Å². The van der Waals surface area contributed by atoms with Gasteiger partial charge in [0.25, 0.3) is 0 Å². The molecular formula is C14H21N3O2S2. The molecule has 2 amide bonds. The van der Waals surface area contributed by atoms with E-state index in [1.54, 1.807) is 23.1 Å². The Balaban J connectivity index is 1.91. The average molecular weight is 327 g/mol. The highest BCUT2D eigenvalue weighted by atomic mass is 32.2. The van der Waals surface area contributed by atoms with Crippen molar-refractivity contribution in [3.63, 3.8) is 0 Å². The molecule has 1 aliphatic heterocycles. The van der Waals surface area contributed by atoms with E-state index in [0.717, 1.165) is 18.8 Å². The van der Waals surface area contributed by atoms with E-state index in [4.69, 9.17) is 0 Å². The predicted molar refractivity (Wildman–Crippen MR) is 87.5 cm³/mol. The van der Waals surface area contributed by atoms with Crippen molar-refractivity contribution in [1.82, 2.24) is 15.5 Å². The summed E-state index contributed by atoms with van der Waals surface area (Å²) in [6.07, 6.45) is 2.23. The number of thioether (sulfide) groups is 1. The number of nitrogens with one attached hydrogen (secondary N) is 2. The summed E-state index contributed by atoms with van der Waals surface area (Å²) >= 11 is 3.37. The molecule has 0 saturated carbocycles. The maximum atomic E-state index is 12.1. The molecule has 0 spiro atoms. The van der Waals surface area contributed by atoms with E-state index < -0.39 is 0 Å². The number of piperazine rings is 1. The normalized spacial score (nSPS) is 19.3. The lowest BCUT2D eigenvalue weighted by atomic mass is 10.1. The molecule has 1 aromatic heterocycles. The van der Waals surface area contributed by atoms with E-state index in [9.17, 15) is 9.59 Å². The van der Waals surface area contributed by atoms with Gasteiger partial charge in [-0.25, -0.2) is 0 Å². The highest BCUT2D eigenvalue weighted by molar-refractivity contribution is 7.98. The number of hydrogen-bond donors (Lipinski definition) is 2. The summed E-state index contributed by atoms with van der Waals surface area (Å²) in [7, 11) is 0. The third-order valence-corrected chi connectivity index (χ3v) is 4.86. The van der Waals surface area contributed by atoms with Gasteiger partial charge in [0.05, 0.1) is 12.5 Å². The second-order valence-corrected chi connectivity index (χ2v) is 6.92. The van der Waals surface area contributed by atoms with E-state index in [0.29, 0.717) is 13.1 Å². The fourth-order valence-corrected chi connectivity index (χ4v) is 3.35. The second-order valence-electron chi connectivity index (χ2n) is 4.90. The lowest BCUT2D eigenvalue weighted by Gasteiger charge is -2.34. The molecule has 7 heteroatoms. The summed E-state index contributed by atoms with van der Waals surface area (Å²) in [6, 6.07) is 3.70. The van der Waals surface area contributed by atoms with Gasteiger partial charge in [0.2, 0.25) is 11.8 Å². The lowest BCUT2D eigenvalue weighted by Crippen LogP contribution is -2.56. The Morgan fingerprint density at radius 1 is 1.62 bits per heavy atom. The Bertz CT molecular complexity index is 465. The number of rotatable bonds is 7. The first-order chi connectivity index (χ1) is 10.2. The van der Waals surface area contributed by atoms with Crippen LogP contribution in [0.25, 0.3) is 0 Å². The molecular weight excluding hydrogens is 306 g/mol. The fraction of sp³-hybridized carbons (Fsp3) is 0.571. The minimum atomic E-state index is -0.366. The van der Waals surface area contributed by atoms with Crippen molar-refractivity contribution in [2.75, 3.05) is 31.6 Å². The second kappa shape index (κ2) is 8.41. The zero-order valence-electron chi connectivity index (χ0n) is 12.1. The van der Waals surface area contributed by atoms with Crippen LogP contribution < -0.4 is 10.6 Å². The quantitative estimate of drug-likeness (QED) is 0.731. The van der Waals surface area contributed by atoms with E-state index in [-0.39, 0.29) is 24.3 Å². The Morgan fingerprint density at radius 2 is 2.48 bits per heavy atom. The summed E-state index contributed by atoms with van der Waals surface area (Å²) in [5, 5.41) is 7.75. The maximum absolute atomic E-state index is 12.1. The van der Waals surface area contributed by atoms with E-state index in [2.05, 4.69) is 21.6 Å². The molecule has 2 heterocycles. The monoisotopic (exact) mass is 327 g/mol. The summed E-state index contributed by atoms with van der Waals surface area (Å²) in [5.74, 6) is 0.793. The maximum Gasteiger partial charge on any atom is 0.237 e. The highest BCUT2D eigenvalue weighted by Crippen LogP contribution is 2.17. The van der Waals surface area contributed by atoms with E-state index >= 15 is 0 Å². The van der Waals surface area contributed by atoms with Gasteiger partial charge in [-0.05, 0) is 17.7 Å². The van der Waals surface area contributed by atoms with Crippen LogP contribution in [0.15, 0.2) is 17.5 Å². The summed E-state index contributed by atoms with van der Waals surface area (Å²) in [4.78, 5) is 27.3. The Morgan fingerprint density at radius 3 is 3.19 bits per heavy atom. The van der Waals surface area contributed by atoms with Gasteiger partial charge < -0.3 is 10.6 Å². The SMILES string of the molecule is CSCCNC(=O)CC1C(=O)NCCN1Cc1cccs1. The molecule has 1 unspecified atom stereocenters. The zero-order valence-corrected chi connectivity index (χ0v) is 13.8. The van der Waals surface area contributed by atoms with Crippen LogP contribution in [-0.4, -0.2) is 54.4 Å². The lowest BCUT2D eigenvalue weighted by molar-refractivity contribution is -0.134. The van der Waals surface area contributed by atoms with Crippen molar-refractivity contribution in [1.29, 1.82) is 0 Å². The van der Waals surface area contributed by atoms with Crippen molar-refractivity contribution in [2.45, 2.75) is 19.0 Å². The Kier molecular flexibility index (Phi) is 6.53. The number of amides is 2. The van der Waals surface area contributed by atoms with Crippen LogP contribution in [-0.2, 0) is 16.1 Å². The van der Waals surface area contributed by atoms with Gasteiger partial charge >= 0.3 is 0 Å². The summed E-state index contributed by atoms with van der Waals surface area (Å²) in [5.41, 5.74) is 0. The first kappa shape index (κ1) is 16.3. The molecule has 0 aliphatic carbocycles. The van der Waals surface area contributed by atoms with E-state index in [1.165, 1.54) is 4.88 Å². The number of carbonyl (C=O) groups is 2. The molecule has 21 heavy (non-hydrogen) atoms. The van der Waals surface area contributed by atoms with Crippen molar-refractivity contribution in [3.05, 3.63) is 22.4 Å². The first-order valence-corrected chi connectivity index (χ1v) is 9.28. The summed E-state index contributed by atoms with van der Waals surface area (Å²) in [6.45, 7) is 2.81. The summed E-state index contributed by atoms with van der Waals surface area (Å²) < 4.78 is 0. The molecule has 2 N–H and O–H groups in total. The predicted octanol–water partition coefficient (Wildman–Crippen LogP) is 0.918. The molecule has 0 aromatic carbocycles. The largest absolute Gasteiger partial charge is 0.355 e. The topological polar surface area (TPSA) is 61.4 Å². The Labute approximate surface area is 133 Å². The molecule has 1 saturated heterocycles. The molecule has 1 fully saturated rings. The minimum absolute atomic E-state index is 0.0437. The third kappa shape index (κ3) is 5.01. The van der Waals surface area contributed by atoms with Gasteiger partial charge in [-0.1, -0.05) is 6.07 Å². The molecule has 0 radical (unpaired) electrons. The van der Waals surface area contributed by atoms with Crippen LogP contribution in [0.5, 0.6) is 0 Å². The van der Waals surface area contributed by atoms with Crippen LogP contribution >= 0.6 is 23.1 Å². The van der Waals surface area contributed by atoms with Gasteiger partial charge in [-0.3, -0.25) is 14.5 Å². The zero-order chi connectivity index (χ0) is 15.1. The number of hydrogen-bond acceptors (Lipinski definition) is 5. The fourth-order valence-electron chi connectivity index (χ4n) is 2.32. The standard InChI is InChI=1S/C14H21N3O2S2/c1-20-8-5-15-13(18)9-12-14(19)16-4-6-17(12)10-11-3-2-7-21-11/h2-3,7,12H,4-6,8-10H2,1H3,(H,15,18)(H,16,19). The van der Waals surface area contributed by atoms with Crippen molar-refractivity contribution < 1.29 is 9.59 Å².